The fraction of sp³-hybridized carbons (Fsp3) is 0.917. The minimum Gasteiger partial charge on any atom is -0.299 e. The van der Waals surface area contributed by atoms with Crippen LogP contribution in [0, 0.1) is 22.7 Å². The molecular weight excluding hydrogens is 160 g/mol. The molecule has 0 heterocycles. The molecule has 1 nitrogen and oxygen atoms in total. The molecule has 0 bridgehead atoms. The zero-order valence-corrected chi connectivity index (χ0v) is 9.77. The average Bonchev–Trinajstić information content (AvgIpc) is 2.00. The summed E-state index contributed by atoms with van der Waals surface area (Å²) in [4.78, 5) is 11.8. The van der Waals surface area contributed by atoms with Gasteiger partial charge in [-0.3, -0.25) is 4.79 Å². The molecule has 1 rings (SSSR count). The van der Waals surface area contributed by atoms with Gasteiger partial charge in [0.15, 0.2) is 0 Å². The Morgan fingerprint density at radius 3 is 2.08 bits per heavy atom. The maximum Gasteiger partial charge on any atom is 0.139 e. The van der Waals surface area contributed by atoms with Crippen molar-refractivity contribution in [3.8, 4) is 0 Å². The van der Waals surface area contributed by atoms with Crippen LogP contribution < -0.4 is 0 Å². The molecule has 0 aromatic carbocycles. The molecule has 1 aliphatic carbocycles. The van der Waals surface area contributed by atoms with Gasteiger partial charge >= 0.3 is 0 Å². The second-order valence-electron chi connectivity index (χ2n) is 5.79. The van der Waals surface area contributed by atoms with Gasteiger partial charge in [-0.15, -0.1) is 0 Å². The topological polar surface area (TPSA) is 17.1 Å². The van der Waals surface area contributed by atoms with E-state index in [1.807, 2.05) is 0 Å². The summed E-state index contributed by atoms with van der Waals surface area (Å²) in [6.07, 6.45) is 0.754. The van der Waals surface area contributed by atoms with E-state index in [4.69, 9.17) is 0 Å². The van der Waals surface area contributed by atoms with Crippen molar-refractivity contribution in [3.63, 3.8) is 0 Å². The van der Waals surface area contributed by atoms with Crippen LogP contribution in [0.1, 0.15) is 48.0 Å². The Kier molecular flexibility index (Phi) is 2.34. The molecule has 76 valence electrons. The average molecular weight is 182 g/mol. The SMILES string of the molecule is CC1CC(=O)C(C)(C)C(C)C1(C)C. The van der Waals surface area contributed by atoms with Gasteiger partial charge in [0.2, 0.25) is 0 Å². The number of rotatable bonds is 0. The molecule has 13 heavy (non-hydrogen) atoms. The van der Waals surface area contributed by atoms with Crippen LogP contribution in [0.4, 0.5) is 0 Å². The lowest BCUT2D eigenvalue weighted by Crippen LogP contribution is -2.48. The fourth-order valence-corrected chi connectivity index (χ4v) is 2.40. The summed E-state index contributed by atoms with van der Waals surface area (Å²) in [5, 5.41) is 0. The number of hydrogen-bond acceptors (Lipinski definition) is 1. The Morgan fingerprint density at radius 1 is 1.15 bits per heavy atom. The highest BCUT2D eigenvalue weighted by Crippen LogP contribution is 2.51. The van der Waals surface area contributed by atoms with E-state index in [9.17, 15) is 4.79 Å². The Labute approximate surface area is 81.9 Å². The van der Waals surface area contributed by atoms with Crippen molar-refractivity contribution in [2.24, 2.45) is 22.7 Å². The smallest absolute Gasteiger partial charge is 0.139 e. The third kappa shape index (κ3) is 1.43. The summed E-state index contributed by atoms with van der Waals surface area (Å²) in [6, 6.07) is 0. The van der Waals surface area contributed by atoms with Gasteiger partial charge in [-0.25, -0.2) is 0 Å². The van der Waals surface area contributed by atoms with Crippen molar-refractivity contribution in [2.75, 3.05) is 0 Å². The lowest BCUT2D eigenvalue weighted by atomic mass is 9.53. The predicted molar refractivity (Wildman–Crippen MR) is 55.5 cm³/mol. The summed E-state index contributed by atoms with van der Waals surface area (Å²) < 4.78 is 0. The molecule has 0 amide bonds. The molecule has 0 saturated heterocycles. The van der Waals surface area contributed by atoms with Gasteiger partial charge in [0.1, 0.15) is 5.78 Å². The van der Waals surface area contributed by atoms with Crippen LogP contribution >= 0.6 is 0 Å². The zero-order chi connectivity index (χ0) is 10.4. The van der Waals surface area contributed by atoms with Crippen LogP contribution in [0.3, 0.4) is 0 Å². The number of carbonyl (C=O) groups excluding carboxylic acids is 1. The molecule has 0 aliphatic heterocycles. The number of Topliss-reactive ketones (excluding diaryl/α,β-unsaturated/α-hetero) is 1. The predicted octanol–water partition coefficient (Wildman–Crippen LogP) is 3.28. The first-order valence-corrected chi connectivity index (χ1v) is 5.24. The molecule has 1 saturated carbocycles. The lowest BCUT2D eigenvalue weighted by molar-refractivity contribution is -0.142. The minimum atomic E-state index is -0.129. The highest BCUT2D eigenvalue weighted by molar-refractivity contribution is 5.85. The Hall–Kier alpha value is -0.330. The van der Waals surface area contributed by atoms with Crippen LogP contribution in [0.2, 0.25) is 0 Å². The second kappa shape index (κ2) is 2.83. The highest BCUT2D eigenvalue weighted by Gasteiger charge is 2.49. The number of carbonyl (C=O) groups is 1. The fourth-order valence-electron chi connectivity index (χ4n) is 2.40. The third-order valence-corrected chi connectivity index (χ3v) is 4.68. The van der Waals surface area contributed by atoms with Crippen LogP contribution in [0.15, 0.2) is 0 Å². The van der Waals surface area contributed by atoms with Gasteiger partial charge in [0, 0.05) is 11.8 Å². The molecule has 0 spiro atoms. The third-order valence-electron chi connectivity index (χ3n) is 4.68. The van der Waals surface area contributed by atoms with Crippen molar-refractivity contribution in [3.05, 3.63) is 0 Å². The Bertz CT molecular complexity index is 225. The molecule has 1 fully saturated rings. The second-order valence-corrected chi connectivity index (χ2v) is 5.79. The highest BCUT2D eigenvalue weighted by atomic mass is 16.1. The van der Waals surface area contributed by atoms with Crippen molar-refractivity contribution in [1.82, 2.24) is 0 Å². The van der Waals surface area contributed by atoms with E-state index in [-0.39, 0.29) is 10.8 Å². The van der Waals surface area contributed by atoms with Gasteiger partial charge in [0.25, 0.3) is 0 Å². The van der Waals surface area contributed by atoms with E-state index in [0.717, 1.165) is 6.42 Å². The van der Waals surface area contributed by atoms with Crippen molar-refractivity contribution in [1.29, 1.82) is 0 Å². The maximum absolute atomic E-state index is 11.8. The van der Waals surface area contributed by atoms with Gasteiger partial charge in [-0.2, -0.15) is 0 Å². The van der Waals surface area contributed by atoms with Gasteiger partial charge in [-0.05, 0) is 17.3 Å². The summed E-state index contributed by atoms with van der Waals surface area (Å²) in [7, 11) is 0. The lowest BCUT2D eigenvalue weighted by Gasteiger charge is -2.50. The van der Waals surface area contributed by atoms with Gasteiger partial charge in [-0.1, -0.05) is 41.5 Å². The van der Waals surface area contributed by atoms with Crippen LogP contribution in [0.5, 0.6) is 0 Å². The summed E-state index contributed by atoms with van der Waals surface area (Å²) in [5.41, 5.74) is 0.160. The molecule has 1 aliphatic rings. The summed E-state index contributed by atoms with van der Waals surface area (Å²) >= 11 is 0. The summed E-state index contributed by atoms with van der Waals surface area (Å²) in [6.45, 7) is 13.2. The van der Waals surface area contributed by atoms with E-state index >= 15 is 0 Å². The van der Waals surface area contributed by atoms with Crippen molar-refractivity contribution >= 4 is 5.78 Å². The Balaban J connectivity index is 3.03. The number of ketones is 1. The first kappa shape index (κ1) is 10.7. The minimum absolute atomic E-state index is 0.129. The van der Waals surface area contributed by atoms with Crippen LogP contribution in [-0.4, -0.2) is 5.78 Å². The van der Waals surface area contributed by atoms with E-state index in [1.54, 1.807) is 0 Å². The normalized spacial score (nSPS) is 37.5. The van der Waals surface area contributed by atoms with E-state index in [0.29, 0.717) is 17.6 Å². The van der Waals surface area contributed by atoms with Crippen molar-refractivity contribution in [2.45, 2.75) is 48.0 Å². The van der Waals surface area contributed by atoms with Gasteiger partial charge in [0.05, 0.1) is 0 Å². The molecule has 0 N–H and O–H groups in total. The summed E-state index contributed by atoms with van der Waals surface area (Å²) in [5.74, 6) is 1.42. The van der Waals surface area contributed by atoms with E-state index < -0.39 is 0 Å². The van der Waals surface area contributed by atoms with Crippen molar-refractivity contribution < 1.29 is 4.79 Å². The first-order chi connectivity index (χ1) is 5.70. The van der Waals surface area contributed by atoms with Crippen LogP contribution in [-0.2, 0) is 4.79 Å². The zero-order valence-electron chi connectivity index (χ0n) is 9.77. The molecule has 1 heteroatoms. The van der Waals surface area contributed by atoms with E-state index in [1.165, 1.54) is 0 Å². The Morgan fingerprint density at radius 2 is 1.62 bits per heavy atom. The maximum atomic E-state index is 11.8. The quantitative estimate of drug-likeness (QED) is 0.562. The molecular formula is C12H22O. The molecule has 0 aromatic rings. The first-order valence-electron chi connectivity index (χ1n) is 5.24. The largest absolute Gasteiger partial charge is 0.299 e. The monoisotopic (exact) mass is 182 g/mol. The molecule has 2 unspecified atom stereocenters. The molecule has 0 aromatic heterocycles. The number of hydrogen-bond donors (Lipinski definition) is 0. The van der Waals surface area contributed by atoms with Crippen LogP contribution in [0.25, 0.3) is 0 Å². The molecule has 2 atom stereocenters. The van der Waals surface area contributed by atoms with Gasteiger partial charge < -0.3 is 0 Å². The van der Waals surface area contributed by atoms with E-state index in [2.05, 4.69) is 41.5 Å². The standard InChI is InChI=1S/C12H22O/c1-8-7-10(13)12(5,6)9(2)11(8,3)4/h8-9H,7H2,1-6H3. The molecule has 0 radical (unpaired) electrons.